The first kappa shape index (κ1) is 20.9. The number of thiazole rings is 1. The molecular formula is C18H34N4OS. The molecule has 0 aromatic carbocycles. The Bertz CT molecular complexity index is 485. The van der Waals surface area contributed by atoms with Crippen molar-refractivity contribution >= 4 is 17.3 Å². The highest BCUT2D eigenvalue weighted by Crippen LogP contribution is 2.19. The van der Waals surface area contributed by atoms with E-state index < -0.39 is 0 Å². The summed E-state index contributed by atoms with van der Waals surface area (Å²) >= 11 is 1.75. The molecule has 6 heteroatoms. The number of aromatic nitrogens is 1. The molecule has 138 valence electrons. The highest BCUT2D eigenvalue weighted by Gasteiger charge is 2.13. The van der Waals surface area contributed by atoms with Gasteiger partial charge in [0.1, 0.15) is 0 Å². The van der Waals surface area contributed by atoms with E-state index in [1.165, 1.54) is 5.01 Å². The fraction of sp³-hybridized carbons (Fsp3) is 0.778. The van der Waals surface area contributed by atoms with Crippen molar-refractivity contribution in [3.8, 4) is 0 Å². The highest BCUT2D eigenvalue weighted by atomic mass is 32.1. The number of nitrogens with one attached hydrogen (secondary N) is 2. The summed E-state index contributed by atoms with van der Waals surface area (Å²) in [4.78, 5) is 8.94. The molecule has 2 N–H and O–H groups in total. The molecule has 0 fully saturated rings. The number of hydrogen-bond acceptors (Lipinski definition) is 4. The number of nitrogens with zero attached hydrogens (tertiary/aromatic N) is 2. The van der Waals surface area contributed by atoms with E-state index >= 15 is 0 Å². The first-order valence-corrected chi connectivity index (χ1v) is 9.86. The molecule has 1 rings (SSSR count). The summed E-state index contributed by atoms with van der Waals surface area (Å²) in [5.74, 6) is 1.88. The highest BCUT2D eigenvalue weighted by molar-refractivity contribution is 7.09. The number of hydrogen-bond donors (Lipinski definition) is 2. The lowest BCUT2D eigenvalue weighted by molar-refractivity contribution is 0.0258. The quantitative estimate of drug-likeness (QED) is 0.499. The van der Waals surface area contributed by atoms with Crippen LogP contribution in [0.4, 0.5) is 0 Å². The minimum atomic E-state index is 0.296. The molecule has 5 nitrogen and oxygen atoms in total. The van der Waals surface area contributed by atoms with Crippen LogP contribution in [-0.4, -0.2) is 43.8 Å². The molecule has 1 unspecified atom stereocenters. The lowest BCUT2D eigenvalue weighted by Gasteiger charge is -2.21. The Morgan fingerprint density at radius 2 is 1.96 bits per heavy atom. The largest absolute Gasteiger partial charge is 0.378 e. The Balaban J connectivity index is 2.29. The van der Waals surface area contributed by atoms with E-state index in [0.29, 0.717) is 17.9 Å². The Kier molecular flexibility index (Phi) is 9.95. The van der Waals surface area contributed by atoms with Crippen molar-refractivity contribution in [2.75, 3.05) is 26.7 Å². The zero-order chi connectivity index (χ0) is 17.9. The van der Waals surface area contributed by atoms with Crippen LogP contribution in [0.5, 0.6) is 0 Å². The van der Waals surface area contributed by atoms with Gasteiger partial charge in [0, 0.05) is 44.5 Å². The third-order valence-corrected chi connectivity index (χ3v) is 5.00. The molecule has 0 bridgehead atoms. The minimum absolute atomic E-state index is 0.296. The van der Waals surface area contributed by atoms with E-state index in [1.807, 2.05) is 6.92 Å². The fourth-order valence-corrected chi connectivity index (χ4v) is 3.26. The molecule has 0 saturated carbocycles. The summed E-state index contributed by atoms with van der Waals surface area (Å²) in [5, 5.41) is 10.1. The maximum Gasteiger partial charge on any atom is 0.190 e. The molecule has 0 saturated heterocycles. The van der Waals surface area contributed by atoms with Gasteiger partial charge in [0.2, 0.25) is 0 Å². The molecule has 0 aliphatic carbocycles. The molecule has 24 heavy (non-hydrogen) atoms. The monoisotopic (exact) mass is 354 g/mol. The number of guanidine groups is 1. The SMILES string of the molecule is CCOC(CCNC(=NC)NCCc1csc(C(C)C)n1)C(C)C. The standard InChI is InChI=1S/C18H34N4OS/c1-7-23-16(13(2)3)9-11-21-18(19-6)20-10-8-15-12-24-17(22-15)14(4)5/h12-14,16H,7-11H2,1-6H3,(H2,19,20,21). The second-order valence-electron chi connectivity index (χ2n) is 6.53. The van der Waals surface area contributed by atoms with Gasteiger partial charge >= 0.3 is 0 Å². The van der Waals surface area contributed by atoms with Crippen LogP contribution in [0.2, 0.25) is 0 Å². The molecule has 1 aromatic heterocycles. The molecule has 1 atom stereocenters. The second-order valence-corrected chi connectivity index (χ2v) is 7.42. The average molecular weight is 355 g/mol. The molecule has 1 heterocycles. The Morgan fingerprint density at radius 3 is 2.50 bits per heavy atom. The van der Waals surface area contributed by atoms with Crippen LogP contribution in [0, 0.1) is 5.92 Å². The van der Waals surface area contributed by atoms with Crippen LogP contribution < -0.4 is 10.6 Å². The van der Waals surface area contributed by atoms with Gasteiger partial charge in [0.15, 0.2) is 5.96 Å². The van der Waals surface area contributed by atoms with Gasteiger partial charge in [-0.3, -0.25) is 4.99 Å². The number of aliphatic imine (C=N–C) groups is 1. The molecule has 0 amide bonds. The Morgan fingerprint density at radius 1 is 1.25 bits per heavy atom. The van der Waals surface area contributed by atoms with Crippen molar-refractivity contribution in [2.45, 2.75) is 59.5 Å². The van der Waals surface area contributed by atoms with Crippen molar-refractivity contribution in [2.24, 2.45) is 10.9 Å². The Labute approximate surface area is 151 Å². The first-order chi connectivity index (χ1) is 11.5. The molecule has 0 aliphatic rings. The molecule has 1 aromatic rings. The average Bonchev–Trinajstić information content (AvgIpc) is 3.01. The summed E-state index contributed by atoms with van der Waals surface area (Å²) in [5.41, 5.74) is 1.16. The maximum absolute atomic E-state index is 5.77. The van der Waals surface area contributed by atoms with Crippen molar-refractivity contribution in [3.05, 3.63) is 16.1 Å². The first-order valence-electron chi connectivity index (χ1n) is 8.98. The zero-order valence-corrected chi connectivity index (χ0v) is 16.9. The van der Waals surface area contributed by atoms with Crippen LogP contribution in [0.25, 0.3) is 0 Å². The normalized spacial score (nSPS) is 13.6. The predicted octanol–water partition coefficient (Wildman–Crippen LogP) is 3.43. The van der Waals surface area contributed by atoms with Crippen molar-refractivity contribution in [3.63, 3.8) is 0 Å². The Hall–Kier alpha value is -1.14. The smallest absolute Gasteiger partial charge is 0.190 e. The van der Waals surface area contributed by atoms with Gasteiger partial charge in [0.05, 0.1) is 16.8 Å². The summed E-state index contributed by atoms with van der Waals surface area (Å²) in [6.45, 7) is 13.3. The van der Waals surface area contributed by atoms with Gasteiger partial charge in [-0.2, -0.15) is 0 Å². The van der Waals surface area contributed by atoms with Crippen LogP contribution in [0.3, 0.4) is 0 Å². The summed E-state index contributed by atoms with van der Waals surface area (Å²) < 4.78 is 5.77. The molecule has 0 radical (unpaired) electrons. The van der Waals surface area contributed by atoms with E-state index in [-0.39, 0.29) is 0 Å². The van der Waals surface area contributed by atoms with Crippen molar-refractivity contribution in [1.29, 1.82) is 0 Å². The third kappa shape index (κ3) is 7.62. The lowest BCUT2D eigenvalue weighted by Crippen LogP contribution is -2.40. The van der Waals surface area contributed by atoms with Crippen LogP contribution >= 0.6 is 11.3 Å². The van der Waals surface area contributed by atoms with Gasteiger partial charge in [-0.1, -0.05) is 27.7 Å². The van der Waals surface area contributed by atoms with Crippen LogP contribution in [-0.2, 0) is 11.2 Å². The summed E-state index contributed by atoms with van der Waals surface area (Å²) in [6.07, 6.45) is 2.19. The van der Waals surface area contributed by atoms with Gasteiger partial charge < -0.3 is 15.4 Å². The van der Waals surface area contributed by atoms with E-state index in [1.54, 1.807) is 18.4 Å². The van der Waals surface area contributed by atoms with E-state index in [2.05, 4.69) is 53.7 Å². The van der Waals surface area contributed by atoms with Crippen molar-refractivity contribution in [1.82, 2.24) is 15.6 Å². The summed E-state index contributed by atoms with van der Waals surface area (Å²) in [6, 6.07) is 0. The number of ether oxygens (including phenoxy) is 1. The molecular weight excluding hydrogens is 320 g/mol. The van der Waals surface area contributed by atoms with E-state index in [9.17, 15) is 0 Å². The zero-order valence-electron chi connectivity index (χ0n) is 16.1. The minimum Gasteiger partial charge on any atom is -0.378 e. The summed E-state index contributed by atoms with van der Waals surface area (Å²) in [7, 11) is 1.80. The third-order valence-electron chi connectivity index (χ3n) is 3.81. The van der Waals surface area contributed by atoms with Gasteiger partial charge in [-0.05, 0) is 19.3 Å². The molecule has 0 aliphatic heterocycles. The maximum atomic E-state index is 5.77. The molecule has 0 spiro atoms. The second kappa shape index (κ2) is 11.4. The van der Waals surface area contributed by atoms with Gasteiger partial charge in [-0.15, -0.1) is 11.3 Å². The van der Waals surface area contributed by atoms with E-state index in [4.69, 9.17) is 4.74 Å². The van der Waals surface area contributed by atoms with Crippen LogP contribution in [0.15, 0.2) is 10.4 Å². The fourth-order valence-electron chi connectivity index (χ4n) is 2.39. The topological polar surface area (TPSA) is 58.5 Å². The van der Waals surface area contributed by atoms with Gasteiger partial charge in [-0.25, -0.2) is 4.98 Å². The van der Waals surface area contributed by atoms with E-state index in [0.717, 1.165) is 44.2 Å². The van der Waals surface area contributed by atoms with Crippen LogP contribution in [0.1, 0.15) is 57.7 Å². The van der Waals surface area contributed by atoms with Gasteiger partial charge in [0.25, 0.3) is 0 Å². The predicted molar refractivity (Wildman–Crippen MR) is 104 cm³/mol. The van der Waals surface area contributed by atoms with Crippen molar-refractivity contribution < 1.29 is 4.74 Å². The lowest BCUT2D eigenvalue weighted by atomic mass is 10.0. The number of rotatable bonds is 10.